The summed E-state index contributed by atoms with van der Waals surface area (Å²) in [6.07, 6.45) is 23.4. The van der Waals surface area contributed by atoms with Crippen molar-refractivity contribution in [1.29, 1.82) is 0 Å². The van der Waals surface area contributed by atoms with E-state index < -0.39 is 0 Å². The van der Waals surface area contributed by atoms with Crippen LogP contribution in [0.4, 0.5) is 0 Å². The van der Waals surface area contributed by atoms with Gasteiger partial charge >= 0.3 is 81.7 Å². The topological polar surface area (TPSA) is 112 Å². The van der Waals surface area contributed by atoms with Crippen molar-refractivity contribution in [1.82, 2.24) is 39.5 Å². The molecule has 14 heteroatoms. The van der Waals surface area contributed by atoms with Crippen LogP contribution in [0.2, 0.25) is 0 Å². The first kappa shape index (κ1) is 80.3. The molecule has 0 radical (unpaired) electrons. The average Bonchev–Trinajstić information content (AvgIpc) is 1.63. The summed E-state index contributed by atoms with van der Waals surface area (Å²) in [6, 6.07) is 110. The Bertz CT molecular complexity index is 5000. The summed E-state index contributed by atoms with van der Waals surface area (Å²) in [7, 11) is 0. The van der Waals surface area contributed by atoms with Crippen molar-refractivity contribution in [3.63, 3.8) is 0 Å². The molecule has 0 saturated heterocycles. The third kappa shape index (κ3) is 24.4. The Labute approximate surface area is 678 Å². The van der Waals surface area contributed by atoms with Gasteiger partial charge in [-0.25, -0.2) is 0 Å². The molecule has 8 aromatic carbocycles. The molecule has 2 aliphatic rings. The number of rotatable bonds is 20. The van der Waals surface area contributed by atoms with Gasteiger partial charge in [0.2, 0.25) is 0 Å². The Morgan fingerprint density at radius 2 is 0.717 bits per heavy atom. The van der Waals surface area contributed by atoms with Crippen LogP contribution in [0.15, 0.2) is 302 Å². The molecule has 6 aromatic heterocycles. The first-order chi connectivity index (χ1) is 50.3. The first-order valence-corrected chi connectivity index (χ1v) is 34.4. The molecule has 8 heterocycles. The maximum Gasteiger partial charge on any atom is 2.00 e. The van der Waals surface area contributed by atoms with Crippen molar-refractivity contribution >= 4 is 11.4 Å². The second-order valence-corrected chi connectivity index (χ2v) is 24.9. The number of aromatic nitrogens is 8. The second-order valence-electron chi connectivity index (χ2n) is 24.9. The standard InChI is InChI=1S/C24H21N3.2C23H18N2.C22H17N3.4Pd/c1-18-13-19(2)27(26-18)24-11-6-9-22(17-24)15-20-7-5-8-21(14-20)16-23-10-3-4-12-25-23;2*1-2-7-18(8-3-1)16-21-11-5-12-22(25-21)17-19-9-4-10-20(15-19)23-13-6-14-24-23;1-2-11-23-21(9-1)16-19-7-3-6-18(14-19)15-20-8-4-10-22(17-20)25-13-5-12-24-25;;;;/h3-13H,15-16H2,1-2H3;2*1-7,9-12,14H,13,16-17H2;1-13H,15-16H2;;;;/q4*-2;4*+2. The van der Waals surface area contributed by atoms with Crippen LogP contribution in [0, 0.1) is 62.4 Å². The van der Waals surface area contributed by atoms with Crippen molar-refractivity contribution in [3.8, 4) is 11.4 Å². The van der Waals surface area contributed by atoms with E-state index in [1.807, 2.05) is 144 Å². The Balaban J connectivity index is 0.000000162. The van der Waals surface area contributed by atoms with Crippen LogP contribution >= 0.6 is 0 Å². The van der Waals surface area contributed by atoms with Crippen LogP contribution < -0.4 is 0 Å². The predicted molar refractivity (Wildman–Crippen MR) is 406 cm³/mol. The van der Waals surface area contributed by atoms with Crippen molar-refractivity contribution in [2.24, 2.45) is 9.98 Å². The summed E-state index contributed by atoms with van der Waals surface area (Å²) in [6.45, 7) is 4.07. The molecule has 0 aliphatic carbocycles. The Kier molecular flexibility index (Phi) is 31.7. The fourth-order valence-electron chi connectivity index (χ4n) is 12.1. The minimum absolute atomic E-state index is 0. The van der Waals surface area contributed by atoms with Gasteiger partial charge in [-0.3, -0.25) is 29.3 Å². The molecule has 0 fully saturated rings. The van der Waals surface area contributed by atoms with Gasteiger partial charge in [-0.05, 0) is 162 Å². The quantitative estimate of drug-likeness (QED) is 0.0555. The first-order valence-electron chi connectivity index (χ1n) is 34.4. The molecule has 0 amide bonds. The molecule has 0 atom stereocenters. The van der Waals surface area contributed by atoms with Gasteiger partial charge in [-0.1, -0.05) is 36.4 Å². The summed E-state index contributed by atoms with van der Waals surface area (Å²) in [5.41, 5.74) is 26.3. The minimum atomic E-state index is 0. The minimum Gasteiger partial charge on any atom is -0.309 e. The van der Waals surface area contributed by atoms with E-state index >= 15 is 0 Å². The summed E-state index contributed by atoms with van der Waals surface area (Å²) < 4.78 is 3.77. The van der Waals surface area contributed by atoms with E-state index in [-0.39, 0.29) is 81.7 Å². The summed E-state index contributed by atoms with van der Waals surface area (Å²) in [5.74, 6) is 0. The Morgan fingerprint density at radius 3 is 1.12 bits per heavy atom. The molecule has 2 aliphatic heterocycles. The van der Waals surface area contributed by atoms with E-state index in [2.05, 4.69) is 243 Å². The predicted octanol–water partition coefficient (Wildman–Crippen LogP) is 17.8. The van der Waals surface area contributed by atoms with E-state index in [4.69, 9.17) is 9.97 Å². The molecule has 0 saturated carbocycles. The van der Waals surface area contributed by atoms with Crippen molar-refractivity contribution in [3.05, 3.63) is 453 Å². The fraction of sp³-hybridized carbons (Fsp3) is 0.130. The second kappa shape index (κ2) is 41.8. The van der Waals surface area contributed by atoms with Crippen molar-refractivity contribution < 1.29 is 81.7 Å². The zero-order chi connectivity index (χ0) is 69.3. The van der Waals surface area contributed by atoms with Gasteiger partial charge < -0.3 is 9.98 Å². The van der Waals surface area contributed by atoms with Crippen LogP contribution in [0.25, 0.3) is 11.4 Å². The monoisotopic (exact) mass is 1740 g/mol. The molecular formula is C92H74N10Pd4. The van der Waals surface area contributed by atoms with Crippen LogP contribution in [-0.2, 0) is 133 Å². The number of pyridine rings is 4. The van der Waals surface area contributed by atoms with Gasteiger partial charge in [-0.15, -0.1) is 82.9 Å². The van der Waals surface area contributed by atoms with Gasteiger partial charge in [0.05, 0.1) is 5.69 Å². The smallest absolute Gasteiger partial charge is 0.309 e. The van der Waals surface area contributed by atoms with Crippen LogP contribution in [-0.4, -0.2) is 50.9 Å². The molecule has 0 N–H and O–H groups in total. The number of hydrogen-bond donors (Lipinski definition) is 0. The SMILES string of the molecule is Cc1cc(C)n(-c2[c-]c(Cc3[c-]c(Cc4ccccn4)ccc3)ccc2)n1.[Pd+2].[Pd+2].[Pd+2].[Pd+2].[c-]1c(Cc2[c-]c(-n3cccn3)ccc2)cccc1Cc1ccccn1.[c-]1ccccc1Cc1cccc(Cc2[c-]c(C3=NC=CC3)ccc2)n1.[c-]1ccccc1Cc1cccc(Cc2[c-]c(C3=NC=CC3)ccc2)n1. The molecular weight excluding hydrogens is 1670 g/mol. The number of allylic oxidation sites excluding steroid dienone is 2. The van der Waals surface area contributed by atoms with Gasteiger partial charge in [0, 0.05) is 77.0 Å². The van der Waals surface area contributed by atoms with E-state index in [1.54, 1.807) is 6.20 Å². The zero-order valence-corrected chi connectivity index (χ0v) is 64.7. The van der Waals surface area contributed by atoms with Gasteiger partial charge in [0.25, 0.3) is 0 Å². The van der Waals surface area contributed by atoms with Crippen molar-refractivity contribution in [2.45, 2.75) is 78.1 Å². The van der Waals surface area contributed by atoms with Gasteiger partial charge in [0.15, 0.2) is 0 Å². The maximum atomic E-state index is 4.81. The Hall–Kier alpha value is -9.75. The number of aryl methyl sites for hydroxylation is 2. The van der Waals surface area contributed by atoms with Crippen LogP contribution in [0.1, 0.15) is 125 Å². The average molecular weight is 1750 g/mol. The number of nitrogens with zero attached hydrogens (tertiary/aromatic N) is 10. The summed E-state index contributed by atoms with van der Waals surface area (Å²) in [4.78, 5) is 27.2. The molecule has 0 unspecified atom stereocenters. The van der Waals surface area contributed by atoms with Crippen molar-refractivity contribution in [2.75, 3.05) is 0 Å². The van der Waals surface area contributed by atoms with Crippen LogP contribution in [0.5, 0.6) is 0 Å². The molecule has 10 nitrogen and oxygen atoms in total. The third-order valence-corrected chi connectivity index (χ3v) is 16.8. The van der Waals surface area contributed by atoms with Crippen LogP contribution in [0.3, 0.4) is 0 Å². The normalized spacial score (nSPS) is 11.5. The number of hydrogen-bond acceptors (Lipinski definition) is 8. The van der Waals surface area contributed by atoms with E-state index in [0.29, 0.717) is 0 Å². The molecule has 0 bridgehead atoms. The maximum absolute atomic E-state index is 4.81. The molecule has 0 spiro atoms. The molecule has 532 valence electrons. The summed E-state index contributed by atoms with van der Waals surface area (Å²) in [5, 5.41) is 8.83. The van der Waals surface area contributed by atoms with Gasteiger partial charge in [0.1, 0.15) is 0 Å². The fourth-order valence-corrected chi connectivity index (χ4v) is 12.1. The summed E-state index contributed by atoms with van der Waals surface area (Å²) >= 11 is 0. The molecule has 14 aromatic rings. The van der Waals surface area contributed by atoms with Gasteiger partial charge in [-0.2, -0.15) is 200 Å². The van der Waals surface area contributed by atoms with E-state index in [1.165, 1.54) is 0 Å². The Morgan fingerprint density at radius 1 is 0.340 bits per heavy atom. The number of aliphatic imine (C=N–C) groups is 2. The molecule has 106 heavy (non-hydrogen) atoms. The third-order valence-electron chi connectivity index (χ3n) is 16.8. The largest absolute Gasteiger partial charge is 2.00 e. The van der Waals surface area contributed by atoms with E-state index in [9.17, 15) is 0 Å². The van der Waals surface area contributed by atoms with E-state index in [0.717, 1.165) is 199 Å². The molecule has 16 rings (SSSR count). The zero-order valence-electron chi connectivity index (χ0n) is 58.5. The number of benzene rings is 8.